The Labute approximate surface area is 169 Å². The molecule has 1 N–H and O–H groups in total. The maximum absolute atomic E-state index is 12.6. The molecule has 3 aliphatic rings. The molecule has 0 bridgehead atoms. The predicted octanol–water partition coefficient (Wildman–Crippen LogP) is 2.81. The van der Waals surface area contributed by atoms with Gasteiger partial charge in [0.2, 0.25) is 10.0 Å². The minimum Gasteiger partial charge on any atom is -0.352 e. The molecule has 0 atom stereocenters. The van der Waals surface area contributed by atoms with Crippen molar-refractivity contribution in [1.82, 2.24) is 14.5 Å². The number of benzene rings is 1. The highest BCUT2D eigenvalue weighted by Crippen LogP contribution is 2.45. The number of hydrogen-bond acceptors (Lipinski definition) is 3. The molecule has 2 saturated heterocycles. The van der Waals surface area contributed by atoms with E-state index in [2.05, 4.69) is 15.2 Å². The highest BCUT2D eigenvalue weighted by atomic mass is 32.2. The second-order valence-corrected chi connectivity index (χ2v) is 10.5. The first-order valence-corrected chi connectivity index (χ1v) is 12.0. The van der Waals surface area contributed by atoms with Gasteiger partial charge in [-0.25, -0.2) is 8.42 Å². The molecule has 2 aliphatic heterocycles. The molecule has 0 aromatic heterocycles. The smallest absolute Gasteiger partial charge is 0.243 e. The first-order chi connectivity index (χ1) is 13.5. The van der Waals surface area contributed by atoms with Crippen LogP contribution in [0.3, 0.4) is 0 Å². The van der Waals surface area contributed by atoms with Crippen LogP contribution in [0.1, 0.15) is 50.5 Å². The Morgan fingerprint density at radius 3 is 2.36 bits per heavy atom. The Kier molecular flexibility index (Phi) is 5.65. The summed E-state index contributed by atoms with van der Waals surface area (Å²) in [7, 11) is -1.50. The van der Waals surface area contributed by atoms with Gasteiger partial charge in [-0.1, -0.05) is 25.0 Å². The lowest BCUT2D eigenvalue weighted by Crippen LogP contribution is -2.40. The number of nitrogens with one attached hydrogen (secondary N) is 1. The highest BCUT2D eigenvalue weighted by molar-refractivity contribution is 7.89. The van der Waals surface area contributed by atoms with Crippen LogP contribution in [0.2, 0.25) is 0 Å². The SMILES string of the molecule is CN=C(NCc1ccc(S(=O)(=O)N2CCCC2)cc1)N1CCC2(CCCC2)C1. The van der Waals surface area contributed by atoms with E-state index in [1.54, 1.807) is 16.4 Å². The van der Waals surface area contributed by atoms with Gasteiger partial charge in [0.15, 0.2) is 5.96 Å². The first-order valence-electron chi connectivity index (χ1n) is 10.6. The number of guanidine groups is 1. The van der Waals surface area contributed by atoms with Crippen molar-refractivity contribution in [1.29, 1.82) is 0 Å². The maximum Gasteiger partial charge on any atom is 0.243 e. The molecule has 1 aliphatic carbocycles. The Morgan fingerprint density at radius 1 is 1.04 bits per heavy atom. The van der Waals surface area contributed by atoms with Crippen molar-refractivity contribution >= 4 is 16.0 Å². The minimum absolute atomic E-state index is 0.394. The highest BCUT2D eigenvalue weighted by Gasteiger charge is 2.41. The summed E-state index contributed by atoms with van der Waals surface area (Å²) in [4.78, 5) is 7.26. The molecule has 0 unspecified atom stereocenters. The molecule has 6 nitrogen and oxygen atoms in total. The lowest BCUT2D eigenvalue weighted by molar-refractivity contribution is 0.309. The zero-order chi connectivity index (χ0) is 19.6. The summed E-state index contributed by atoms with van der Waals surface area (Å²) in [6.07, 6.45) is 8.63. The molecular weight excluding hydrogens is 372 g/mol. The number of rotatable bonds is 4. The van der Waals surface area contributed by atoms with E-state index >= 15 is 0 Å². The molecule has 1 spiro atoms. The summed E-state index contributed by atoms with van der Waals surface area (Å²) >= 11 is 0. The first kappa shape index (κ1) is 19.7. The van der Waals surface area contributed by atoms with Gasteiger partial charge >= 0.3 is 0 Å². The Hall–Kier alpha value is -1.60. The van der Waals surface area contributed by atoms with Crippen LogP contribution >= 0.6 is 0 Å². The van der Waals surface area contributed by atoms with E-state index < -0.39 is 10.0 Å². The normalized spacial score (nSPS) is 23.0. The van der Waals surface area contributed by atoms with Crippen molar-refractivity contribution in [2.24, 2.45) is 10.4 Å². The van der Waals surface area contributed by atoms with Gasteiger partial charge in [0.05, 0.1) is 4.90 Å². The fourth-order valence-electron chi connectivity index (χ4n) is 5.02. The van der Waals surface area contributed by atoms with Gasteiger partial charge < -0.3 is 10.2 Å². The summed E-state index contributed by atoms with van der Waals surface area (Å²) in [5.41, 5.74) is 1.58. The molecule has 1 aromatic rings. The predicted molar refractivity (Wildman–Crippen MR) is 112 cm³/mol. The van der Waals surface area contributed by atoms with Gasteiger partial charge in [0, 0.05) is 39.8 Å². The molecule has 0 radical (unpaired) electrons. The van der Waals surface area contributed by atoms with Gasteiger partial charge in [-0.15, -0.1) is 0 Å². The van der Waals surface area contributed by atoms with E-state index in [9.17, 15) is 8.42 Å². The largest absolute Gasteiger partial charge is 0.352 e. The van der Waals surface area contributed by atoms with Crippen molar-refractivity contribution in [3.05, 3.63) is 29.8 Å². The molecule has 1 saturated carbocycles. The quantitative estimate of drug-likeness (QED) is 0.619. The number of nitrogens with zero attached hydrogens (tertiary/aromatic N) is 3. The van der Waals surface area contributed by atoms with Crippen LogP contribution in [0.15, 0.2) is 34.2 Å². The number of hydrogen-bond donors (Lipinski definition) is 1. The molecular formula is C21H32N4O2S. The van der Waals surface area contributed by atoms with E-state index in [-0.39, 0.29) is 0 Å². The Balaban J connectivity index is 1.35. The van der Waals surface area contributed by atoms with Crippen LogP contribution in [-0.2, 0) is 16.6 Å². The van der Waals surface area contributed by atoms with Gasteiger partial charge in [0.1, 0.15) is 0 Å². The number of aliphatic imine (C=N–C) groups is 1. The standard InChI is InChI=1S/C21H32N4O2S/c1-22-20(24-15-12-21(17-24)10-2-3-11-21)23-16-18-6-8-19(9-7-18)28(26,27)25-13-4-5-14-25/h6-9H,2-5,10-17H2,1H3,(H,22,23). The molecule has 1 aromatic carbocycles. The van der Waals surface area contributed by atoms with Crippen LogP contribution in [-0.4, -0.2) is 56.8 Å². The lowest BCUT2D eigenvalue weighted by atomic mass is 9.86. The molecule has 154 valence electrons. The number of likely N-dealkylation sites (tertiary alicyclic amines) is 1. The van der Waals surface area contributed by atoms with Crippen molar-refractivity contribution in [3.63, 3.8) is 0 Å². The third-order valence-corrected chi connectivity index (χ3v) is 8.60. The second-order valence-electron chi connectivity index (χ2n) is 8.53. The van der Waals surface area contributed by atoms with Gasteiger partial charge in [0.25, 0.3) is 0 Å². The van der Waals surface area contributed by atoms with Crippen molar-refractivity contribution in [2.45, 2.75) is 56.4 Å². The van der Waals surface area contributed by atoms with E-state index in [4.69, 9.17) is 0 Å². The van der Waals surface area contributed by atoms with Crippen LogP contribution in [0.25, 0.3) is 0 Å². The summed E-state index contributed by atoms with van der Waals surface area (Å²) in [6.45, 7) is 4.12. The molecule has 7 heteroatoms. The third kappa shape index (κ3) is 3.92. The summed E-state index contributed by atoms with van der Waals surface area (Å²) in [5, 5.41) is 3.46. The fourth-order valence-corrected chi connectivity index (χ4v) is 6.54. The van der Waals surface area contributed by atoms with Crippen LogP contribution in [0.4, 0.5) is 0 Å². The maximum atomic E-state index is 12.6. The summed E-state index contributed by atoms with van der Waals surface area (Å²) in [6, 6.07) is 7.28. The zero-order valence-corrected chi connectivity index (χ0v) is 17.7. The van der Waals surface area contributed by atoms with Crippen molar-refractivity contribution in [3.8, 4) is 0 Å². The van der Waals surface area contributed by atoms with E-state index in [0.29, 0.717) is 29.9 Å². The lowest BCUT2D eigenvalue weighted by Gasteiger charge is -2.26. The average Bonchev–Trinajstić information content (AvgIpc) is 3.46. The van der Waals surface area contributed by atoms with Gasteiger partial charge in [-0.2, -0.15) is 4.31 Å². The molecule has 0 amide bonds. The van der Waals surface area contributed by atoms with E-state index in [0.717, 1.165) is 37.5 Å². The summed E-state index contributed by atoms with van der Waals surface area (Å²) in [5.74, 6) is 0.956. The van der Waals surface area contributed by atoms with Crippen molar-refractivity contribution < 1.29 is 8.42 Å². The fraction of sp³-hybridized carbons (Fsp3) is 0.667. The number of sulfonamides is 1. The third-order valence-electron chi connectivity index (χ3n) is 6.69. The average molecular weight is 405 g/mol. The van der Waals surface area contributed by atoms with E-state index in [1.807, 2.05) is 19.2 Å². The monoisotopic (exact) mass is 404 g/mol. The minimum atomic E-state index is -3.34. The molecule has 2 heterocycles. The Bertz CT molecular complexity index is 807. The van der Waals surface area contributed by atoms with E-state index in [1.165, 1.54) is 32.1 Å². The molecule has 28 heavy (non-hydrogen) atoms. The van der Waals surface area contributed by atoms with Gasteiger partial charge in [-0.05, 0) is 55.2 Å². The summed E-state index contributed by atoms with van der Waals surface area (Å²) < 4.78 is 26.9. The van der Waals surface area contributed by atoms with Crippen molar-refractivity contribution in [2.75, 3.05) is 33.2 Å². The second kappa shape index (κ2) is 8.03. The van der Waals surface area contributed by atoms with Gasteiger partial charge in [-0.3, -0.25) is 4.99 Å². The Morgan fingerprint density at radius 2 is 1.71 bits per heavy atom. The molecule has 3 fully saturated rings. The van der Waals surface area contributed by atoms with Crippen LogP contribution in [0.5, 0.6) is 0 Å². The molecule has 4 rings (SSSR count). The topological polar surface area (TPSA) is 65.0 Å². The van der Waals surface area contributed by atoms with Crippen LogP contribution < -0.4 is 5.32 Å². The van der Waals surface area contributed by atoms with Crippen LogP contribution in [0, 0.1) is 5.41 Å². The zero-order valence-electron chi connectivity index (χ0n) is 16.9.